The number of aryl methyl sites for hydroxylation is 3. The highest BCUT2D eigenvalue weighted by Gasteiger charge is 2.11. The van der Waals surface area contributed by atoms with E-state index in [9.17, 15) is 4.79 Å². The van der Waals surface area contributed by atoms with Crippen LogP contribution in [0.3, 0.4) is 0 Å². The average Bonchev–Trinajstić information content (AvgIpc) is 3.13. The summed E-state index contributed by atoms with van der Waals surface area (Å²) < 4.78 is 2.39. The van der Waals surface area contributed by atoms with Gasteiger partial charge in [0.2, 0.25) is 0 Å². The summed E-state index contributed by atoms with van der Waals surface area (Å²) >= 11 is 0. The molecule has 0 saturated heterocycles. The van der Waals surface area contributed by atoms with Crippen molar-refractivity contribution in [2.45, 2.75) is 78.2 Å². The van der Waals surface area contributed by atoms with Gasteiger partial charge in [0.1, 0.15) is 5.82 Å². The maximum atomic E-state index is 12.4. The highest BCUT2D eigenvalue weighted by Crippen LogP contribution is 2.19. The molecule has 1 amide bonds. The number of amides is 1. The number of aromatic nitrogens is 2. The van der Waals surface area contributed by atoms with Gasteiger partial charge in [0.05, 0.1) is 11.0 Å². The number of carbonyl (C=O) groups excluding carboxylic acids is 1. The summed E-state index contributed by atoms with van der Waals surface area (Å²) in [5, 5.41) is 3.06. The first-order chi connectivity index (χ1) is 15.2. The first-order valence-electron chi connectivity index (χ1n) is 12.0. The zero-order chi connectivity index (χ0) is 21.9. The van der Waals surface area contributed by atoms with Crippen molar-refractivity contribution in [1.29, 1.82) is 0 Å². The van der Waals surface area contributed by atoms with Crippen molar-refractivity contribution in [3.8, 4) is 0 Å². The maximum Gasteiger partial charge on any atom is 0.251 e. The second kappa shape index (κ2) is 12.3. The number of carbonyl (C=O) groups is 1. The molecule has 1 aromatic heterocycles. The van der Waals surface area contributed by atoms with E-state index in [2.05, 4.69) is 41.1 Å². The van der Waals surface area contributed by atoms with Gasteiger partial charge in [-0.05, 0) is 43.5 Å². The smallest absolute Gasteiger partial charge is 0.251 e. The zero-order valence-electron chi connectivity index (χ0n) is 19.2. The molecule has 2 aromatic carbocycles. The Hall–Kier alpha value is -2.62. The van der Waals surface area contributed by atoms with Gasteiger partial charge in [0, 0.05) is 25.1 Å². The molecule has 0 radical (unpaired) electrons. The van der Waals surface area contributed by atoms with Gasteiger partial charge in [0.15, 0.2) is 0 Å². The number of rotatable bonds is 13. The van der Waals surface area contributed by atoms with Crippen LogP contribution in [-0.2, 0) is 13.0 Å². The fraction of sp³-hybridized carbons (Fsp3) is 0.481. The number of nitrogens with one attached hydrogen (secondary N) is 1. The standard InChI is InChI=1S/C27H37N3O/c1-3-4-5-6-7-8-13-21-30-25-18-12-11-17-24(25)29-26(30)19-14-20-28-27(31)23-16-10-9-15-22(23)2/h9-12,15-18H,3-8,13-14,19-21H2,1-2H3,(H,28,31). The van der Waals surface area contributed by atoms with Gasteiger partial charge in [-0.15, -0.1) is 0 Å². The maximum absolute atomic E-state index is 12.4. The summed E-state index contributed by atoms with van der Waals surface area (Å²) in [5.74, 6) is 1.15. The van der Waals surface area contributed by atoms with Gasteiger partial charge in [-0.3, -0.25) is 4.79 Å². The molecular formula is C27H37N3O. The molecule has 0 saturated carbocycles. The predicted molar refractivity (Wildman–Crippen MR) is 130 cm³/mol. The van der Waals surface area contributed by atoms with Crippen LogP contribution in [0.15, 0.2) is 48.5 Å². The number of hydrogen-bond acceptors (Lipinski definition) is 2. The van der Waals surface area contributed by atoms with Crippen LogP contribution in [-0.4, -0.2) is 22.0 Å². The lowest BCUT2D eigenvalue weighted by Crippen LogP contribution is -2.25. The number of fused-ring (bicyclic) bond motifs is 1. The van der Waals surface area contributed by atoms with Crippen molar-refractivity contribution in [3.05, 3.63) is 65.5 Å². The van der Waals surface area contributed by atoms with Crippen LogP contribution < -0.4 is 5.32 Å². The summed E-state index contributed by atoms with van der Waals surface area (Å²) in [5.41, 5.74) is 4.07. The third-order valence-corrected chi connectivity index (χ3v) is 5.97. The van der Waals surface area contributed by atoms with E-state index >= 15 is 0 Å². The first kappa shape index (κ1) is 23.1. The molecule has 4 nitrogen and oxygen atoms in total. The molecule has 166 valence electrons. The molecule has 1 heterocycles. The SMILES string of the molecule is CCCCCCCCCn1c(CCCNC(=O)c2ccccc2C)nc2ccccc21. The largest absolute Gasteiger partial charge is 0.352 e. The number of unbranched alkanes of at least 4 members (excludes halogenated alkanes) is 6. The minimum Gasteiger partial charge on any atom is -0.352 e. The fourth-order valence-corrected chi connectivity index (χ4v) is 4.16. The number of hydrogen-bond donors (Lipinski definition) is 1. The van der Waals surface area contributed by atoms with Crippen molar-refractivity contribution < 1.29 is 4.79 Å². The molecular weight excluding hydrogens is 382 g/mol. The van der Waals surface area contributed by atoms with E-state index in [4.69, 9.17) is 4.98 Å². The second-order valence-corrected chi connectivity index (χ2v) is 8.46. The molecule has 0 bridgehead atoms. The Labute approximate surface area is 187 Å². The van der Waals surface area contributed by atoms with E-state index < -0.39 is 0 Å². The quantitative estimate of drug-likeness (QED) is 0.323. The summed E-state index contributed by atoms with van der Waals surface area (Å²) in [6.07, 6.45) is 10.9. The van der Waals surface area contributed by atoms with E-state index in [1.54, 1.807) is 0 Å². The minimum absolute atomic E-state index is 0.00896. The number of nitrogens with zero attached hydrogens (tertiary/aromatic N) is 2. The van der Waals surface area contributed by atoms with Crippen LogP contribution in [0, 0.1) is 6.92 Å². The third kappa shape index (κ3) is 6.68. The third-order valence-electron chi connectivity index (χ3n) is 5.97. The van der Waals surface area contributed by atoms with Crippen molar-refractivity contribution >= 4 is 16.9 Å². The number of benzene rings is 2. The molecule has 0 aliphatic carbocycles. The van der Waals surface area contributed by atoms with Gasteiger partial charge in [0.25, 0.3) is 5.91 Å². The predicted octanol–water partition coefficient (Wildman–Crippen LogP) is 6.46. The molecule has 0 fully saturated rings. The lowest BCUT2D eigenvalue weighted by molar-refractivity contribution is 0.0952. The molecule has 0 unspecified atom stereocenters. The van der Waals surface area contributed by atoms with Gasteiger partial charge < -0.3 is 9.88 Å². The molecule has 1 N–H and O–H groups in total. The van der Waals surface area contributed by atoms with Gasteiger partial charge in [-0.25, -0.2) is 4.98 Å². The van der Waals surface area contributed by atoms with Gasteiger partial charge in [-0.2, -0.15) is 0 Å². The Morgan fingerprint density at radius 2 is 1.61 bits per heavy atom. The molecule has 4 heteroatoms. The van der Waals surface area contributed by atoms with Crippen molar-refractivity contribution in [2.75, 3.05) is 6.54 Å². The zero-order valence-corrected chi connectivity index (χ0v) is 19.2. The summed E-state index contributed by atoms with van der Waals surface area (Å²) in [6, 6.07) is 16.1. The Balaban J connectivity index is 1.52. The highest BCUT2D eigenvalue weighted by atomic mass is 16.1. The number of imidazole rings is 1. The van der Waals surface area contributed by atoms with Crippen molar-refractivity contribution in [3.63, 3.8) is 0 Å². The first-order valence-corrected chi connectivity index (χ1v) is 12.0. The summed E-state index contributed by atoms with van der Waals surface area (Å²) in [6.45, 7) is 5.92. The monoisotopic (exact) mass is 419 g/mol. The molecule has 3 aromatic rings. The fourth-order valence-electron chi connectivity index (χ4n) is 4.16. The van der Waals surface area contributed by atoms with Crippen LogP contribution in [0.25, 0.3) is 11.0 Å². The van der Waals surface area contributed by atoms with E-state index in [0.29, 0.717) is 6.54 Å². The van der Waals surface area contributed by atoms with E-state index in [0.717, 1.165) is 41.9 Å². The normalized spacial score (nSPS) is 11.2. The number of para-hydroxylation sites is 2. The Morgan fingerprint density at radius 3 is 2.42 bits per heavy atom. The average molecular weight is 420 g/mol. The Kier molecular flexibility index (Phi) is 9.14. The van der Waals surface area contributed by atoms with Gasteiger partial charge in [-0.1, -0.05) is 75.8 Å². The van der Waals surface area contributed by atoms with Crippen LogP contribution in [0.1, 0.15) is 80.0 Å². The molecule has 0 spiro atoms. The molecule has 3 rings (SSSR count). The van der Waals surface area contributed by atoms with Crippen LogP contribution in [0.2, 0.25) is 0 Å². The molecule has 0 aliphatic heterocycles. The van der Waals surface area contributed by atoms with Gasteiger partial charge >= 0.3 is 0 Å². The van der Waals surface area contributed by atoms with Crippen LogP contribution >= 0.6 is 0 Å². The minimum atomic E-state index is 0.00896. The van der Waals surface area contributed by atoms with Crippen molar-refractivity contribution in [1.82, 2.24) is 14.9 Å². The van der Waals surface area contributed by atoms with E-state index in [-0.39, 0.29) is 5.91 Å². The Bertz CT molecular complexity index is 960. The van der Waals surface area contributed by atoms with Crippen LogP contribution in [0.5, 0.6) is 0 Å². The summed E-state index contributed by atoms with van der Waals surface area (Å²) in [4.78, 5) is 17.3. The van der Waals surface area contributed by atoms with Crippen molar-refractivity contribution in [2.24, 2.45) is 0 Å². The summed E-state index contributed by atoms with van der Waals surface area (Å²) in [7, 11) is 0. The Morgan fingerprint density at radius 1 is 0.903 bits per heavy atom. The highest BCUT2D eigenvalue weighted by molar-refractivity contribution is 5.95. The van der Waals surface area contributed by atoms with E-state index in [1.807, 2.05) is 31.2 Å². The topological polar surface area (TPSA) is 46.9 Å². The van der Waals surface area contributed by atoms with E-state index in [1.165, 1.54) is 50.5 Å². The molecule has 31 heavy (non-hydrogen) atoms. The lowest BCUT2D eigenvalue weighted by atomic mass is 10.1. The molecule has 0 aliphatic rings. The second-order valence-electron chi connectivity index (χ2n) is 8.46. The molecule has 0 atom stereocenters. The lowest BCUT2D eigenvalue weighted by Gasteiger charge is -2.10. The van der Waals surface area contributed by atoms with Crippen LogP contribution in [0.4, 0.5) is 0 Å².